The van der Waals surface area contributed by atoms with Crippen LogP contribution in [0.1, 0.15) is 12.8 Å². The quantitative estimate of drug-likeness (QED) is 0.570. The summed E-state index contributed by atoms with van der Waals surface area (Å²) < 4.78 is 29.7. The Morgan fingerprint density at radius 3 is 1.92 bits per heavy atom. The SMILES string of the molecule is COS(=O)(=O)O.NC(=O)C1CC1. The van der Waals surface area contributed by atoms with Crippen molar-refractivity contribution in [2.45, 2.75) is 12.8 Å². The lowest BCUT2D eigenvalue weighted by Gasteiger charge is -1.82. The molecule has 3 N–H and O–H groups in total. The molecule has 0 bridgehead atoms. The van der Waals surface area contributed by atoms with Crippen LogP contribution >= 0.6 is 0 Å². The van der Waals surface area contributed by atoms with E-state index in [1.807, 2.05) is 0 Å². The molecule has 72 valence electrons. The average molecular weight is 197 g/mol. The summed E-state index contributed by atoms with van der Waals surface area (Å²) in [6, 6.07) is 0. The highest BCUT2D eigenvalue weighted by Crippen LogP contribution is 2.27. The van der Waals surface area contributed by atoms with E-state index in [9.17, 15) is 13.2 Å². The molecule has 1 aliphatic rings. The van der Waals surface area contributed by atoms with E-state index in [0.29, 0.717) is 0 Å². The smallest absolute Gasteiger partial charge is 0.369 e. The lowest BCUT2D eigenvalue weighted by Crippen LogP contribution is -2.11. The van der Waals surface area contributed by atoms with E-state index in [1.54, 1.807) is 0 Å². The highest BCUT2D eigenvalue weighted by Gasteiger charge is 2.26. The van der Waals surface area contributed by atoms with Crippen LogP contribution in [-0.4, -0.2) is 26.0 Å². The van der Waals surface area contributed by atoms with Crippen LogP contribution in [0.5, 0.6) is 0 Å². The van der Waals surface area contributed by atoms with Crippen LogP contribution in [0.15, 0.2) is 0 Å². The van der Waals surface area contributed by atoms with Crippen LogP contribution in [0.2, 0.25) is 0 Å². The molecule has 1 saturated carbocycles. The zero-order valence-corrected chi connectivity index (χ0v) is 7.37. The van der Waals surface area contributed by atoms with Crippen molar-refractivity contribution < 1.29 is 21.9 Å². The van der Waals surface area contributed by atoms with Crippen molar-refractivity contribution in [2.24, 2.45) is 11.7 Å². The van der Waals surface area contributed by atoms with Gasteiger partial charge in [0.1, 0.15) is 0 Å². The third-order valence-electron chi connectivity index (χ3n) is 1.19. The van der Waals surface area contributed by atoms with Crippen molar-refractivity contribution in [3.05, 3.63) is 0 Å². The molecule has 0 saturated heterocycles. The Labute approximate surface area is 70.7 Å². The minimum absolute atomic E-state index is 0.130. The number of carbonyl (C=O) groups excluding carboxylic acids is 1. The van der Waals surface area contributed by atoms with E-state index in [2.05, 4.69) is 4.18 Å². The molecule has 0 aromatic carbocycles. The monoisotopic (exact) mass is 197 g/mol. The Bertz CT molecular complexity index is 243. The molecule has 1 rings (SSSR count). The number of primary amides is 1. The number of amides is 1. The summed E-state index contributed by atoms with van der Waals surface area (Å²) in [7, 11) is -3.29. The van der Waals surface area contributed by atoms with E-state index in [-0.39, 0.29) is 11.8 Å². The predicted octanol–water partition coefficient (Wildman–Crippen LogP) is -0.683. The molecule has 1 fully saturated rings. The van der Waals surface area contributed by atoms with Gasteiger partial charge in [0.2, 0.25) is 5.91 Å². The van der Waals surface area contributed by atoms with Crippen LogP contribution in [0.4, 0.5) is 0 Å². The normalized spacial score (nSPS) is 16.2. The van der Waals surface area contributed by atoms with E-state index in [1.165, 1.54) is 0 Å². The number of carbonyl (C=O) groups is 1. The number of rotatable bonds is 2. The van der Waals surface area contributed by atoms with Crippen LogP contribution in [0.25, 0.3) is 0 Å². The van der Waals surface area contributed by atoms with Crippen LogP contribution in [0.3, 0.4) is 0 Å². The second kappa shape index (κ2) is 4.39. The summed E-state index contributed by atoms with van der Waals surface area (Å²) in [4.78, 5) is 9.98. The van der Waals surface area contributed by atoms with Gasteiger partial charge in [-0.2, -0.15) is 8.42 Å². The van der Waals surface area contributed by atoms with E-state index in [4.69, 9.17) is 10.3 Å². The minimum Gasteiger partial charge on any atom is -0.369 e. The summed E-state index contributed by atoms with van der Waals surface area (Å²) in [6.07, 6.45) is 2.05. The average Bonchev–Trinajstić information content (AvgIpc) is 2.67. The standard InChI is InChI=1S/C4H7NO.CH4O4S/c5-4(6)3-1-2-3;1-5-6(2,3)4/h3H,1-2H2,(H2,5,6);1H3,(H,2,3,4). The molecule has 7 heteroatoms. The summed E-state index contributed by atoms with van der Waals surface area (Å²) >= 11 is 0. The second-order valence-electron chi connectivity index (χ2n) is 2.27. The Hall–Kier alpha value is -0.660. The van der Waals surface area contributed by atoms with E-state index < -0.39 is 10.4 Å². The number of hydrogen-bond donors (Lipinski definition) is 2. The van der Waals surface area contributed by atoms with Gasteiger partial charge in [0, 0.05) is 5.92 Å². The predicted molar refractivity (Wildman–Crippen MR) is 40.5 cm³/mol. The summed E-state index contributed by atoms with van der Waals surface area (Å²) in [6.45, 7) is 0. The van der Waals surface area contributed by atoms with Gasteiger partial charge in [-0.05, 0) is 12.8 Å². The lowest BCUT2D eigenvalue weighted by molar-refractivity contribution is -0.119. The van der Waals surface area contributed by atoms with Crippen molar-refractivity contribution in [1.29, 1.82) is 0 Å². The molecule has 0 aliphatic heterocycles. The first-order chi connectivity index (χ1) is 5.37. The first-order valence-electron chi connectivity index (χ1n) is 3.19. The van der Waals surface area contributed by atoms with Gasteiger partial charge in [-0.1, -0.05) is 0 Å². The van der Waals surface area contributed by atoms with Gasteiger partial charge < -0.3 is 5.73 Å². The number of hydrogen-bond acceptors (Lipinski definition) is 4. The van der Waals surface area contributed by atoms with Gasteiger partial charge in [-0.3, -0.25) is 13.5 Å². The molecule has 0 spiro atoms. The molecule has 0 aromatic rings. The molecule has 0 unspecified atom stereocenters. The first-order valence-corrected chi connectivity index (χ1v) is 4.55. The molecule has 12 heavy (non-hydrogen) atoms. The molecular formula is C5H11NO5S. The molecule has 0 atom stereocenters. The van der Waals surface area contributed by atoms with E-state index >= 15 is 0 Å². The molecular weight excluding hydrogens is 186 g/mol. The van der Waals surface area contributed by atoms with Crippen LogP contribution in [0, 0.1) is 5.92 Å². The van der Waals surface area contributed by atoms with Gasteiger partial charge in [0.05, 0.1) is 7.11 Å². The number of nitrogens with two attached hydrogens (primary N) is 1. The first kappa shape index (κ1) is 11.3. The van der Waals surface area contributed by atoms with Crippen LogP contribution < -0.4 is 5.73 Å². The highest BCUT2D eigenvalue weighted by molar-refractivity contribution is 7.80. The fourth-order valence-electron chi connectivity index (χ4n) is 0.368. The second-order valence-corrected chi connectivity index (χ2v) is 3.46. The Balaban J connectivity index is 0.000000202. The van der Waals surface area contributed by atoms with Gasteiger partial charge in [0.15, 0.2) is 0 Å². The summed E-state index contributed by atoms with van der Waals surface area (Å²) in [5.41, 5.74) is 4.86. The van der Waals surface area contributed by atoms with Crippen LogP contribution in [-0.2, 0) is 19.4 Å². The van der Waals surface area contributed by atoms with Crippen molar-refractivity contribution in [3.8, 4) is 0 Å². The maximum atomic E-state index is 9.98. The van der Waals surface area contributed by atoms with Crippen molar-refractivity contribution in [2.75, 3.05) is 7.11 Å². The van der Waals surface area contributed by atoms with E-state index in [0.717, 1.165) is 20.0 Å². The third-order valence-corrected chi connectivity index (χ3v) is 1.61. The lowest BCUT2D eigenvalue weighted by atomic mass is 10.4. The van der Waals surface area contributed by atoms with Gasteiger partial charge >= 0.3 is 10.4 Å². The highest BCUT2D eigenvalue weighted by atomic mass is 32.3. The van der Waals surface area contributed by atoms with Gasteiger partial charge in [0.25, 0.3) is 0 Å². The molecule has 1 amide bonds. The van der Waals surface area contributed by atoms with Crippen molar-refractivity contribution in [1.82, 2.24) is 0 Å². The maximum Gasteiger partial charge on any atom is 0.397 e. The zero-order valence-electron chi connectivity index (χ0n) is 6.56. The minimum atomic E-state index is -4.16. The fraction of sp³-hybridized carbons (Fsp3) is 0.800. The van der Waals surface area contributed by atoms with Gasteiger partial charge in [-0.15, -0.1) is 0 Å². The Morgan fingerprint density at radius 2 is 1.92 bits per heavy atom. The topological polar surface area (TPSA) is 107 Å². The van der Waals surface area contributed by atoms with Gasteiger partial charge in [-0.25, -0.2) is 0 Å². The Morgan fingerprint density at radius 1 is 1.58 bits per heavy atom. The van der Waals surface area contributed by atoms with Crippen molar-refractivity contribution >= 4 is 16.3 Å². The summed E-state index contributed by atoms with van der Waals surface area (Å²) in [5.74, 6) is 0.111. The largest absolute Gasteiger partial charge is 0.397 e. The maximum absolute atomic E-state index is 9.98. The zero-order chi connectivity index (χ0) is 9.78. The fourth-order valence-corrected chi connectivity index (χ4v) is 0.368. The molecule has 0 aromatic heterocycles. The Kier molecular flexibility index (Phi) is 4.15. The molecule has 6 nitrogen and oxygen atoms in total. The third kappa shape index (κ3) is 7.45. The molecule has 1 aliphatic carbocycles. The summed E-state index contributed by atoms with van der Waals surface area (Å²) in [5, 5.41) is 0. The van der Waals surface area contributed by atoms with Crippen molar-refractivity contribution in [3.63, 3.8) is 0 Å². The molecule has 0 radical (unpaired) electrons. The molecule has 0 heterocycles.